The minimum Gasteiger partial charge on any atom is -0.495 e. The Bertz CT molecular complexity index is 889. The first-order chi connectivity index (χ1) is 16.0. The van der Waals surface area contributed by atoms with Gasteiger partial charge in [-0.2, -0.15) is 0 Å². The SMILES string of the molecule is COc1ccc(Cl)cc1NC(=O)C[C@@H]1C(=O)N[C@@H]2CCCC[C@@H]2N1C(=O)NC1CCCCC1. The molecule has 1 saturated heterocycles. The second-order valence-electron chi connectivity index (χ2n) is 9.27. The Kier molecular flexibility index (Phi) is 7.63. The molecule has 180 valence electrons. The molecular formula is C24H33ClN4O4. The standard InChI is InChI=1S/C24H33ClN4O4/c1-33-21-12-11-15(25)13-18(21)27-22(30)14-20-23(31)28-17-9-5-6-10-19(17)29(20)24(32)26-16-7-3-2-4-8-16/h11-13,16-17,19-20H,2-10,14H2,1H3,(H,26,32)(H,27,30)(H,28,31)/t17-,19+,20-/m1/s1. The molecule has 4 rings (SSSR count). The summed E-state index contributed by atoms with van der Waals surface area (Å²) >= 11 is 6.07. The zero-order valence-corrected chi connectivity index (χ0v) is 19.8. The molecule has 8 nitrogen and oxygen atoms in total. The van der Waals surface area contributed by atoms with Crippen LogP contribution in [0.5, 0.6) is 5.75 Å². The van der Waals surface area contributed by atoms with Crippen molar-refractivity contribution in [2.75, 3.05) is 12.4 Å². The smallest absolute Gasteiger partial charge is 0.318 e. The van der Waals surface area contributed by atoms with Crippen molar-refractivity contribution >= 4 is 35.1 Å². The topological polar surface area (TPSA) is 99.8 Å². The molecule has 3 aliphatic rings. The van der Waals surface area contributed by atoms with E-state index >= 15 is 0 Å². The molecule has 1 aromatic carbocycles. The fourth-order valence-electron chi connectivity index (χ4n) is 5.38. The summed E-state index contributed by atoms with van der Waals surface area (Å²) in [6.45, 7) is 0. The lowest BCUT2D eigenvalue weighted by atomic mass is 9.85. The van der Waals surface area contributed by atoms with E-state index in [1.807, 2.05) is 0 Å². The summed E-state index contributed by atoms with van der Waals surface area (Å²) in [5.74, 6) is -0.175. The average Bonchev–Trinajstić information content (AvgIpc) is 2.80. The number of carbonyl (C=O) groups excluding carboxylic acids is 3. The maximum atomic E-state index is 13.4. The Morgan fingerprint density at radius 2 is 1.85 bits per heavy atom. The van der Waals surface area contributed by atoms with E-state index in [-0.39, 0.29) is 42.4 Å². The molecule has 2 saturated carbocycles. The number of nitrogens with zero attached hydrogens (tertiary/aromatic N) is 1. The number of anilines is 1. The van der Waals surface area contributed by atoms with Crippen LogP contribution in [0.25, 0.3) is 0 Å². The van der Waals surface area contributed by atoms with E-state index in [2.05, 4.69) is 16.0 Å². The summed E-state index contributed by atoms with van der Waals surface area (Å²) in [5.41, 5.74) is 0.431. The van der Waals surface area contributed by atoms with Crippen molar-refractivity contribution in [3.05, 3.63) is 23.2 Å². The largest absolute Gasteiger partial charge is 0.495 e. The predicted molar refractivity (Wildman–Crippen MR) is 126 cm³/mol. The monoisotopic (exact) mass is 476 g/mol. The molecule has 3 atom stereocenters. The first-order valence-corrected chi connectivity index (χ1v) is 12.4. The first-order valence-electron chi connectivity index (χ1n) is 12.0. The molecule has 2 aliphatic carbocycles. The predicted octanol–water partition coefficient (Wildman–Crippen LogP) is 3.83. The minimum atomic E-state index is -0.863. The summed E-state index contributed by atoms with van der Waals surface area (Å²) < 4.78 is 5.30. The number of methoxy groups -OCH3 is 1. The molecule has 0 aromatic heterocycles. The zero-order valence-electron chi connectivity index (χ0n) is 19.1. The van der Waals surface area contributed by atoms with E-state index in [1.165, 1.54) is 13.5 Å². The minimum absolute atomic E-state index is 0.0595. The number of carbonyl (C=O) groups is 3. The molecule has 33 heavy (non-hydrogen) atoms. The lowest BCUT2D eigenvalue weighted by Crippen LogP contribution is -2.69. The van der Waals surface area contributed by atoms with Crippen molar-refractivity contribution in [1.82, 2.24) is 15.5 Å². The van der Waals surface area contributed by atoms with Crippen LogP contribution in [0.3, 0.4) is 0 Å². The number of benzene rings is 1. The van der Waals surface area contributed by atoms with Crippen molar-refractivity contribution in [2.45, 2.75) is 88.4 Å². The summed E-state index contributed by atoms with van der Waals surface area (Å²) in [6.07, 6.45) is 8.88. The highest BCUT2D eigenvalue weighted by molar-refractivity contribution is 6.31. The van der Waals surface area contributed by atoms with E-state index in [0.29, 0.717) is 16.5 Å². The van der Waals surface area contributed by atoms with Crippen molar-refractivity contribution in [2.24, 2.45) is 0 Å². The molecule has 3 fully saturated rings. The normalized spacial score (nSPS) is 25.6. The fourth-order valence-corrected chi connectivity index (χ4v) is 5.56. The van der Waals surface area contributed by atoms with Crippen LogP contribution in [0.15, 0.2) is 18.2 Å². The van der Waals surface area contributed by atoms with Gasteiger partial charge in [0.25, 0.3) is 0 Å². The zero-order chi connectivity index (χ0) is 23.4. The Morgan fingerprint density at radius 1 is 1.12 bits per heavy atom. The highest BCUT2D eigenvalue weighted by Gasteiger charge is 2.46. The molecule has 1 heterocycles. The molecule has 0 radical (unpaired) electrons. The number of nitrogens with one attached hydrogen (secondary N) is 3. The van der Waals surface area contributed by atoms with E-state index in [4.69, 9.17) is 16.3 Å². The van der Waals surface area contributed by atoms with Gasteiger partial charge in [0, 0.05) is 17.1 Å². The van der Waals surface area contributed by atoms with Gasteiger partial charge in [0.1, 0.15) is 11.8 Å². The fraction of sp³-hybridized carbons (Fsp3) is 0.625. The Labute approximate surface area is 199 Å². The van der Waals surface area contributed by atoms with Gasteiger partial charge in [-0.15, -0.1) is 0 Å². The number of urea groups is 1. The third-order valence-corrected chi connectivity index (χ3v) is 7.27. The molecule has 1 aromatic rings. The van der Waals surface area contributed by atoms with Gasteiger partial charge >= 0.3 is 6.03 Å². The van der Waals surface area contributed by atoms with Crippen LogP contribution in [0.4, 0.5) is 10.5 Å². The van der Waals surface area contributed by atoms with E-state index in [9.17, 15) is 14.4 Å². The van der Waals surface area contributed by atoms with Crippen molar-refractivity contribution in [3.8, 4) is 5.75 Å². The molecule has 0 spiro atoms. The van der Waals surface area contributed by atoms with Gasteiger partial charge in [0.15, 0.2) is 0 Å². The molecule has 0 unspecified atom stereocenters. The second kappa shape index (κ2) is 10.6. The van der Waals surface area contributed by atoms with Crippen LogP contribution in [0, 0.1) is 0 Å². The number of piperazine rings is 1. The molecule has 1 aliphatic heterocycles. The summed E-state index contributed by atoms with van der Waals surface area (Å²) in [4.78, 5) is 41.1. The number of rotatable bonds is 5. The van der Waals surface area contributed by atoms with Gasteiger partial charge in [-0.3, -0.25) is 9.59 Å². The lowest BCUT2D eigenvalue weighted by molar-refractivity contribution is -0.135. The number of hydrogen-bond donors (Lipinski definition) is 3. The molecule has 3 N–H and O–H groups in total. The number of halogens is 1. The van der Waals surface area contributed by atoms with Crippen LogP contribution in [0.2, 0.25) is 5.02 Å². The van der Waals surface area contributed by atoms with E-state index in [1.54, 1.807) is 23.1 Å². The molecular weight excluding hydrogens is 444 g/mol. The van der Waals surface area contributed by atoms with Gasteiger partial charge in [0.2, 0.25) is 11.8 Å². The highest BCUT2D eigenvalue weighted by atomic mass is 35.5. The van der Waals surface area contributed by atoms with E-state index in [0.717, 1.165) is 51.4 Å². The highest BCUT2D eigenvalue weighted by Crippen LogP contribution is 2.31. The summed E-state index contributed by atoms with van der Waals surface area (Å²) in [6, 6.07) is 3.82. The van der Waals surface area contributed by atoms with Gasteiger partial charge in [-0.05, 0) is 43.9 Å². The summed E-state index contributed by atoms with van der Waals surface area (Å²) in [7, 11) is 1.51. The number of ether oxygens (including phenoxy) is 1. The van der Waals surface area contributed by atoms with Crippen LogP contribution < -0.4 is 20.7 Å². The maximum absolute atomic E-state index is 13.4. The summed E-state index contributed by atoms with van der Waals surface area (Å²) in [5, 5.41) is 9.48. The Hall–Kier alpha value is -2.48. The quantitative estimate of drug-likeness (QED) is 0.601. The molecule has 9 heteroatoms. The van der Waals surface area contributed by atoms with Crippen molar-refractivity contribution < 1.29 is 19.1 Å². The Morgan fingerprint density at radius 3 is 2.61 bits per heavy atom. The Balaban J connectivity index is 1.52. The number of amides is 4. The van der Waals surface area contributed by atoms with Crippen molar-refractivity contribution in [3.63, 3.8) is 0 Å². The maximum Gasteiger partial charge on any atom is 0.318 e. The first kappa shape index (κ1) is 23.7. The molecule has 0 bridgehead atoms. The molecule has 4 amide bonds. The van der Waals surface area contributed by atoms with Crippen molar-refractivity contribution in [1.29, 1.82) is 0 Å². The van der Waals surface area contributed by atoms with Crippen LogP contribution in [-0.4, -0.2) is 54.0 Å². The van der Waals surface area contributed by atoms with Gasteiger partial charge in [-0.25, -0.2) is 4.79 Å². The van der Waals surface area contributed by atoms with Gasteiger partial charge in [-0.1, -0.05) is 43.7 Å². The van der Waals surface area contributed by atoms with Gasteiger partial charge < -0.3 is 25.6 Å². The second-order valence-corrected chi connectivity index (χ2v) is 9.71. The lowest BCUT2D eigenvalue weighted by Gasteiger charge is -2.48. The third kappa shape index (κ3) is 5.54. The van der Waals surface area contributed by atoms with E-state index < -0.39 is 6.04 Å². The van der Waals surface area contributed by atoms with Crippen LogP contribution in [-0.2, 0) is 9.59 Å². The number of hydrogen-bond acceptors (Lipinski definition) is 4. The van der Waals surface area contributed by atoms with Gasteiger partial charge in [0.05, 0.1) is 25.3 Å². The average molecular weight is 477 g/mol. The van der Waals surface area contributed by atoms with Crippen LogP contribution in [0.1, 0.15) is 64.2 Å². The third-order valence-electron chi connectivity index (χ3n) is 7.03. The van der Waals surface area contributed by atoms with Crippen LogP contribution >= 0.6 is 11.6 Å². The number of fused-ring (bicyclic) bond motifs is 1.